The molecule has 1 aromatic carbocycles. The Balaban J connectivity index is 2.56. The van der Waals surface area contributed by atoms with Crippen molar-refractivity contribution in [1.29, 1.82) is 0 Å². The molecule has 4 heteroatoms. The van der Waals surface area contributed by atoms with E-state index in [0.717, 1.165) is 27.2 Å². The van der Waals surface area contributed by atoms with E-state index in [2.05, 4.69) is 17.1 Å². The fourth-order valence-electron chi connectivity index (χ4n) is 1.27. The molecule has 0 aliphatic carbocycles. The van der Waals surface area contributed by atoms with Gasteiger partial charge in [0.25, 0.3) is 0 Å². The Morgan fingerprint density at radius 3 is 3.15 bits per heavy atom. The summed E-state index contributed by atoms with van der Waals surface area (Å²) < 4.78 is 0. The van der Waals surface area contributed by atoms with Gasteiger partial charge in [-0.05, 0) is 17.9 Å². The molecule has 0 aliphatic rings. The molecule has 0 saturated heterocycles. The number of H-pyrrole nitrogens is 1. The first-order chi connectivity index (χ1) is 6.31. The maximum absolute atomic E-state index is 5.87. The molecule has 68 valence electrons. The molecule has 3 N–H and O–H groups in total. The largest absolute Gasteiger partial charge is 0.398 e. The molecule has 0 bridgehead atoms. The number of nitrogens with zero attached hydrogens (tertiary/aromatic N) is 1. The van der Waals surface area contributed by atoms with Gasteiger partial charge in [-0.2, -0.15) is 5.10 Å². The van der Waals surface area contributed by atoms with Crippen molar-refractivity contribution in [3.63, 3.8) is 0 Å². The van der Waals surface area contributed by atoms with Gasteiger partial charge in [0, 0.05) is 16.0 Å². The summed E-state index contributed by atoms with van der Waals surface area (Å²) in [5.41, 5.74) is 7.75. The van der Waals surface area contributed by atoms with Gasteiger partial charge in [-0.3, -0.25) is 5.10 Å². The minimum atomic E-state index is 0.834. The van der Waals surface area contributed by atoms with E-state index in [4.69, 9.17) is 5.73 Å². The summed E-state index contributed by atoms with van der Waals surface area (Å²) >= 11 is 1.75. The summed E-state index contributed by atoms with van der Waals surface area (Å²) in [5.74, 6) is 1.03. The van der Waals surface area contributed by atoms with Crippen LogP contribution in [-0.2, 0) is 0 Å². The van der Waals surface area contributed by atoms with Crippen molar-refractivity contribution in [2.45, 2.75) is 11.8 Å². The molecule has 0 radical (unpaired) electrons. The lowest BCUT2D eigenvalue weighted by molar-refractivity contribution is 1.12. The van der Waals surface area contributed by atoms with E-state index in [1.807, 2.05) is 12.1 Å². The predicted molar refractivity (Wildman–Crippen MR) is 56.9 cm³/mol. The second-order valence-corrected chi connectivity index (χ2v) is 4.09. The normalized spacial score (nSPS) is 10.8. The Morgan fingerprint density at radius 2 is 2.38 bits per heavy atom. The number of hydrogen-bond donors (Lipinski definition) is 2. The number of benzene rings is 1. The monoisotopic (exact) mass is 193 g/mol. The second kappa shape index (κ2) is 3.30. The quantitative estimate of drug-likeness (QED) is 0.568. The fourth-order valence-corrected chi connectivity index (χ4v) is 2.01. The Labute approximate surface area is 80.7 Å². The minimum absolute atomic E-state index is 0.834. The molecule has 0 spiro atoms. The molecule has 2 rings (SSSR count). The van der Waals surface area contributed by atoms with Crippen molar-refractivity contribution in [2.75, 3.05) is 11.5 Å². The van der Waals surface area contributed by atoms with E-state index in [0.29, 0.717) is 0 Å². The van der Waals surface area contributed by atoms with Crippen LogP contribution in [0.25, 0.3) is 10.9 Å². The van der Waals surface area contributed by atoms with Gasteiger partial charge in [-0.1, -0.05) is 6.92 Å². The number of hydrogen-bond acceptors (Lipinski definition) is 3. The van der Waals surface area contributed by atoms with Gasteiger partial charge < -0.3 is 5.73 Å². The van der Waals surface area contributed by atoms with Crippen LogP contribution in [0.1, 0.15) is 6.92 Å². The summed E-state index contributed by atoms with van der Waals surface area (Å²) in [5, 5.41) is 7.95. The second-order valence-electron chi connectivity index (χ2n) is 2.78. The molecule has 0 unspecified atom stereocenters. The van der Waals surface area contributed by atoms with Crippen molar-refractivity contribution < 1.29 is 0 Å². The van der Waals surface area contributed by atoms with Crippen molar-refractivity contribution in [3.05, 3.63) is 18.3 Å². The number of aromatic nitrogens is 2. The maximum atomic E-state index is 5.87. The smallest absolute Gasteiger partial charge is 0.0662 e. The van der Waals surface area contributed by atoms with Gasteiger partial charge in [0.1, 0.15) is 0 Å². The van der Waals surface area contributed by atoms with Crippen LogP contribution in [0, 0.1) is 0 Å². The zero-order valence-corrected chi connectivity index (χ0v) is 8.19. The highest BCUT2D eigenvalue weighted by Gasteiger charge is 2.02. The number of fused-ring (bicyclic) bond motifs is 1. The SMILES string of the molecule is CCSc1cc2[nH]ncc2cc1N. The van der Waals surface area contributed by atoms with Crippen LogP contribution in [0.15, 0.2) is 23.2 Å². The van der Waals surface area contributed by atoms with Gasteiger partial charge in [0.05, 0.1) is 11.7 Å². The number of aromatic amines is 1. The first-order valence-electron chi connectivity index (χ1n) is 4.16. The minimum Gasteiger partial charge on any atom is -0.398 e. The van der Waals surface area contributed by atoms with E-state index in [1.54, 1.807) is 18.0 Å². The highest BCUT2D eigenvalue weighted by atomic mass is 32.2. The maximum Gasteiger partial charge on any atom is 0.0662 e. The molecule has 3 nitrogen and oxygen atoms in total. The van der Waals surface area contributed by atoms with Gasteiger partial charge in [-0.15, -0.1) is 11.8 Å². The van der Waals surface area contributed by atoms with Crippen LogP contribution in [0.3, 0.4) is 0 Å². The van der Waals surface area contributed by atoms with Crippen molar-refractivity contribution in [3.8, 4) is 0 Å². The van der Waals surface area contributed by atoms with E-state index in [9.17, 15) is 0 Å². The van der Waals surface area contributed by atoms with Gasteiger partial charge in [0.15, 0.2) is 0 Å². The van der Waals surface area contributed by atoms with Gasteiger partial charge in [-0.25, -0.2) is 0 Å². The van der Waals surface area contributed by atoms with Crippen LogP contribution in [-0.4, -0.2) is 16.0 Å². The average molecular weight is 193 g/mol. The van der Waals surface area contributed by atoms with Crippen molar-refractivity contribution >= 4 is 28.4 Å². The lowest BCUT2D eigenvalue weighted by Gasteiger charge is -2.02. The third-order valence-corrected chi connectivity index (χ3v) is 2.82. The summed E-state index contributed by atoms with van der Waals surface area (Å²) in [4.78, 5) is 1.12. The standard InChI is InChI=1S/C9H11N3S/c1-2-13-9-4-8-6(3-7(9)10)5-11-12-8/h3-5H,2,10H2,1H3,(H,11,12). The summed E-state index contributed by atoms with van der Waals surface area (Å²) in [6.07, 6.45) is 1.78. The Hall–Kier alpha value is -1.16. The summed E-state index contributed by atoms with van der Waals surface area (Å²) in [6.45, 7) is 2.11. The Morgan fingerprint density at radius 1 is 1.54 bits per heavy atom. The highest BCUT2D eigenvalue weighted by molar-refractivity contribution is 7.99. The predicted octanol–water partition coefficient (Wildman–Crippen LogP) is 2.26. The highest BCUT2D eigenvalue weighted by Crippen LogP contribution is 2.28. The Kier molecular flexibility index (Phi) is 2.14. The fraction of sp³-hybridized carbons (Fsp3) is 0.222. The molecule has 2 aromatic rings. The molecule has 0 fully saturated rings. The Bertz CT molecular complexity index is 422. The van der Waals surface area contributed by atoms with E-state index < -0.39 is 0 Å². The van der Waals surface area contributed by atoms with Crippen LogP contribution in [0.5, 0.6) is 0 Å². The summed E-state index contributed by atoms with van der Waals surface area (Å²) in [7, 11) is 0. The number of nitrogens with one attached hydrogen (secondary N) is 1. The lowest BCUT2D eigenvalue weighted by atomic mass is 10.2. The van der Waals surface area contributed by atoms with Gasteiger partial charge >= 0.3 is 0 Å². The molecule has 0 saturated carbocycles. The number of anilines is 1. The topological polar surface area (TPSA) is 54.7 Å². The average Bonchev–Trinajstić information content (AvgIpc) is 2.52. The molecular formula is C9H11N3S. The number of thioether (sulfide) groups is 1. The van der Waals surface area contributed by atoms with Crippen LogP contribution >= 0.6 is 11.8 Å². The van der Waals surface area contributed by atoms with Crippen LogP contribution in [0.4, 0.5) is 5.69 Å². The third-order valence-electron chi connectivity index (χ3n) is 1.87. The molecule has 1 heterocycles. The van der Waals surface area contributed by atoms with Crippen LogP contribution < -0.4 is 5.73 Å². The molecule has 0 amide bonds. The van der Waals surface area contributed by atoms with Gasteiger partial charge in [0.2, 0.25) is 0 Å². The zero-order valence-electron chi connectivity index (χ0n) is 7.37. The molecular weight excluding hydrogens is 182 g/mol. The van der Waals surface area contributed by atoms with Crippen molar-refractivity contribution in [2.24, 2.45) is 0 Å². The molecule has 0 aliphatic heterocycles. The number of rotatable bonds is 2. The lowest BCUT2D eigenvalue weighted by Crippen LogP contribution is -1.88. The zero-order chi connectivity index (χ0) is 9.26. The third kappa shape index (κ3) is 1.49. The van der Waals surface area contributed by atoms with Crippen LogP contribution in [0.2, 0.25) is 0 Å². The van der Waals surface area contributed by atoms with E-state index in [1.165, 1.54) is 0 Å². The van der Waals surface area contributed by atoms with Crippen molar-refractivity contribution in [1.82, 2.24) is 10.2 Å². The first-order valence-corrected chi connectivity index (χ1v) is 5.15. The molecule has 1 aromatic heterocycles. The molecule has 13 heavy (non-hydrogen) atoms. The number of nitrogen functional groups attached to an aromatic ring is 1. The van der Waals surface area contributed by atoms with E-state index >= 15 is 0 Å². The number of nitrogens with two attached hydrogens (primary N) is 1. The van der Waals surface area contributed by atoms with E-state index in [-0.39, 0.29) is 0 Å². The molecule has 0 atom stereocenters. The summed E-state index contributed by atoms with van der Waals surface area (Å²) in [6, 6.07) is 4.00. The first kappa shape index (κ1) is 8.44.